The van der Waals surface area contributed by atoms with Crippen LogP contribution in [0.5, 0.6) is 0 Å². The van der Waals surface area contributed by atoms with Gasteiger partial charge in [0.25, 0.3) is 0 Å². The van der Waals surface area contributed by atoms with E-state index in [0.717, 1.165) is 11.4 Å². The zero-order chi connectivity index (χ0) is 13.8. The number of rotatable bonds is 4. The summed E-state index contributed by atoms with van der Waals surface area (Å²) in [5, 5.41) is 4.34. The molecule has 0 atom stereocenters. The van der Waals surface area contributed by atoms with Crippen LogP contribution in [0.4, 0.5) is 0 Å². The molecule has 1 N–H and O–H groups in total. The van der Waals surface area contributed by atoms with Crippen molar-refractivity contribution >= 4 is 35.0 Å². The predicted molar refractivity (Wildman–Crippen MR) is 84.5 cm³/mol. The van der Waals surface area contributed by atoms with Gasteiger partial charge < -0.3 is 5.32 Å². The SMILES string of the molecule is CNCc1ccc(Sc2ccc(Cl)c(Cl)c2)c(C)c1. The molecule has 0 aliphatic rings. The Hall–Kier alpha value is -0.670. The molecule has 19 heavy (non-hydrogen) atoms. The quantitative estimate of drug-likeness (QED) is 0.835. The summed E-state index contributed by atoms with van der Waals surface area (Å²) in [6.07, 6.45) is 0. The van der Waals surface area contributed by atoms with Crippen molar-refractivity contribution in [1.29, 1.82) is 0 Å². The third kappa shape index (κ3) is 3.90. The lowest BCUT2D eigenvalue weighted by molar-refractivity contribution is 0.815. The molecule has 0 fully saturated rings. The highest BCUT2D eigenvalue weighted by molar-refractivity contribution is 7.99. The van der Waals surface area contributed by atoms with Crippen LogP contribution in [0.3, 0.4) is 0 Å². The maximum Gasteiger partial charge on any atom is 0.0603 e. The standard InChI is InChI=1S/C15H15Cl2NS/c1-10-7-11(9-18-2)3-6-15(10)19-12-4-5-13(16)14(17)8-12/h3-8,18H,9H2,1-2H3. The Labute approximate surface area is 128 Å². The van der Waals surface area contributed by atoms with Gasteiger partial charge in [0.05, 0.1) is 10.0 Å². The highest BCUT2D eigenvalue weighted by atomic mass is 35.5. The summed E-state index contributed by atoms with van der Waals surface area (Å²) in [5.74, 6) is 0. The molecule has 2 rings (SSSR count). The molecule has 0 saturated carbocycles. The van der Waals surface area contributed by atoms with Gasteiger partial charge in [0.15, 0.2) is 0 Å². The summed E-state index contributed by atoms with van der Waals surface area (Å²) in [5.41, 5.74) is 2.56. The minimum atomic E-state index is 0.590. The van der Waals surface area contributed by atoms with Crippen LogP contribution in [0, 0.1) is 6.92 Å². The molecule has 0 aromatic heterocycles. The smallest absolute Gasteiger partial charge is 0.0603 e. The van der Waals surface area contributed by atoms with Gasteiger partial charge in [-0.15, -0.1) is 0 Å². The van der Waals surface area contributed by atoms with E-state index in [1.54, 1.807) is 11.8 Å². The first-order valence-corrected chi connectivity index (χ1v) is 7.54. The minimum absolute atomic E-state index is 0.590. The Bertz CT molecular complexity index is 584. The van der Waals surface area contributed by atoms with Crippen molar-refractivity contribution in [2.24, 2.45) is 0 Å². The van der Waals surface area contributed by atoms with E-state index in [1.165, 1.54) is 16.0 Å². The van der Waals surface area contributed by atoms with Gasteiger partial charge in [-0.3, -0.25) is 0 Å². The molecular formula is C15H15Cl2NS. The molecule has 2 aromatic rings. The maximum absolute atomic E-state index is 6.03. The van der Waals surface area contributed by atoms with E-state index in [2.05, 4.69) is 30.4 Å². The number of benzene rings is 2. The van der Waals surface area contributed by atoms with E-state index < -0.39 is 0 Å². The maximum atomic E-state index is 6.03. The Balaban J connectivity index is 2.20. The lowest BCUT2D eigenvalue weighted by Crippen LogP contribution is -2.05. The van der Waals surface area contributed by atoms with Crippen LogP contribution in [0.15, 0.2) is 46.2 Å². The molecule has 0 bridgehead atoms. The molecule has 0 spiro atoms. The average molecular weight is 312 g/mol. The fourth-order valence-electron chi connectivity index (χ4n) is 1.81. The van der Waals surface area contributed by atoms with Gasteiger partial charge in [-0.1, -0.05) is 47.1 Å². The van der Waals surface area contributed by atoms with Crippen LogP contribution in [-0.4, -0.2) is 7.05 Å². The van der Waals surface area contributed by atoms with Crippen molar-refractivity contribution in [2.75, 3.05) is 7.05 Å². The lowest BCUT2D eigenvalue weighted by atomic mass is 10.1. The van der Waals surface area contributed by atoms with Gasteiger partial charge in [0, 0.05) is 16.3 Å². The first-order chi connectivity index (χ1) is 9.10. The molecule has 0 aliphatic heterocycles. The van der Waals surface area contributed by atoms with Gasteiger partial charge >= 0.3 is 0 Å². The number of hydrogen-bond donors (Lipinski definition) is 1. The summed E-state index contributed by atoms with van der Waals surface area (Å²) in [7, 11) is 1.95. The first-order valence-electron chi connectivity index (χ1n) is 5.97. The molecule has 0 amide bonds. The Morgan fingerprint density at radius 1 is 1.05 bits per heavy atom. The summed E-state index contributed by atoms with van der Waals surface area (Å²) >= 11 is 13.7. The number of hydrogen-bond acceptors (Lipinski definition) is 2. The van der Waals surface area contributed by atoms with Gasteiger partial charge in [-0.25, -0.2) is 0 Å². The third-order valence-corrected chi connectivity index (χ3v) is 4.65. The van der Waals surface area contributed by atoms with Gasteiger partial charge in [0.2, 0.25) is 0 Å². The monoisotopic (exact) mass is 311 g/mol. The fraction of sp³-hybridized carbons (Fsp3) is 0.200. The van der Waals surface area contributed by atoms with Crippen LogP contribution in [0.25, 0.3) is 0 Å². The average Bonchev–Trinajstić information content (AvgIpc) is 2.37. The molecule has 0 radical (unpaired) electrons. The van der Waals surface area contributed by atoms with E-state index in [4.69, 9.17) is 23.2 Å². The summed E-state index contributed by atoms with van der Waals surface area (Å²) < 4.78 is 0. The lowest BCUT2D eigenvalue weighted by Gasteiger charge is -2.09. The third-order valence-electron chi connectivity index (χ3n) is 2.74. The minimum Gasteiger partial charge on any atom is -0.316 e. The fourth-order valence-corrected chi connectivity index (χ4v) is 3.09. The van der Waals surface area contributed by atoms with Gasteiger partial charge in [0.1, 0.15) is 0 Å². The molecule has 2 aromatic carbocycles. The van der Waals surface area contributed by atoms with E-state index in [1.807, 2.05) is 25.2 Å². The number of nitrogens with one attached hydrogen (secondary N) is 1. The Morgan fingerprint density at radius 2 is 1.84 bits per heavy atom. The topological polar surface area (TPSA) is 12.0 Å². The highest BCUT2D eigenvalue weighted by Gasteiger charge is 2.05. The molecule has 0 saturated heterocycles. The van der Waals surface area contributed by atoms with Crippen LogP contribution < -0.4 is 5.32 Å². The molecule has 100 valence electrons. The van der Waals surface area contributed by atoms with Crippen molar-refractivity contribution in [3.05, 3.63) is 57.6 Å². The Kier molecular flexibility index (Phi) is 5.17. The van der Waals surface area contributed by atoms with Crippen molar-refractivity contribution in [3.8, 4) is 0 Å². The molecular weight excluding hydrogens is 297 g/mol. The predicted octanol–water partition coefficient (Wildman–Crippen LogP) is 5.17. The van der Waals surface area contributed by atoms with E-state index in [9.17, 15) is 0 Å². The van der Waals surface area contributed by atoms with E-state index >= 15 is 0 Å². The summed E-state index contributed by atoms with van der Waals surface area (Å²) in [6, 6.07) is 12.2. The summed E-state index contributed by atoms with van der Waals surface area (Å²) in [4.78, 5) is 2.33. The second-order valence-electron chi connectivity index (χ2n) is 4.31. The largest absolute Gasteiger partial charge is 0.316 e. The van der Waals surface area contributed by atoms with Crippen molar-refractivity contribution in [2.45, 2.75) is 23.3 Å². The van der Waals surface area contributed by atoms with Crippen LogP contribution >= 0.6 is 35.0 Å². The molecule has 4 heteroatoms. The van der Waals surface area contributed by atoms with Gasteiger partial charge in [-0.2, -0.15) is 0 Å². The summed E-state index contributed by atoms with van der Waals surface area (Å²) in [6.45, 7) is 3.01. The first kappa shape index (κ1) is 14.7. The second kappa shape index (κ2) is 6.67. The number of halogens is 2. The van der Waals surface area contributed by atoms with Crippen molar-refractivity contribution < 1.29 is 0 Å². The molecule has 0 aliphatic carbocycles. The zero-order valence-electron chi connectivity index (χ0n) is 10.8. The molecule has 1 nitrogen and oxygen atoms in total. The molecule has 0 unspecified atom stereocenters. The van der Waals surface area contributed by atoms with Crippen LogP contribution in [-0.2, 0) is 6.54 Å². The zero-order valence-corrected chi connectivity index (χ0v) is 13.2. The number of aryl methyl sites for hydroxylation is 1. The second-order valence-corrected chi connectivity index (χ2v) is 6.24. The normalized spacial score (nSPS) is 10.7. The van der Waals surface area contributed by atoms with Crippen molar-refractivity contribution in [1.82, 2.24) is 5.32 Å². The van der Waals surface area contributed by atoms with Crippen LogP contribution in [0.2, 0.25) is 10.0 Å². The van der Waals surface area contributed by atoms with E-state index in [0.29, 0.717) is 10.0 Å². The van der Waals surface area contributed by atoms with Crippen molar-refractivity contribution in [3.63, 3.8) is 0 Å². The Morgan fingerprint density at radius 3 is 2.47 bits per heavy atom. The molecule has 0 heterocycles. The van der Waals surface area contributed by atoms with Crippen LogP contribution in [0.1, 0.15) is 11.1 Å². The highest BCUT2D eigenvalue weighted by Crippen LogP contribution is 2.34. The van der Waals surface area contributed by atoms with E-state index in [-0.39, 0.29) is 0 Å². The van der Waals surface area contributed by atoms with Gasteiger partial charge in [-0.05, 0) is 49.4 Å².